The van der Waals surface area contributed by atoms with Crippen LogP contribution >= 0.6 is 28.6 Å². The third kappa shape index (κ3) is 4.54. The maximum atomic E-state index is 6.29. The number of rotatable bonds is 5. The largest absolute Gasteiger partial charge is 0.361 e. The molecule has 0 spiro atoms. The number of halogens is 2. The van der Waals surface area contributed by atoms with E-state index >= 15 is 0 Å². The molecule has 0 amide bonds. The minimum Gasteiger partial charge on any atom is -0.361 e. The molecule has 0 bridgehead atoms. The fraction of sp³-hybridized carbons (Fsp3) is 0.0968. The van der Waals surface area contributed by atoms with Crippen molar-refractivity contribution in [2.45, 2.75) is 19.1 Å². The van der Waals surface area contributed by atoms with Crippen LogP contribution in [-0.2, 0) is 13.1 Å². The van der Waals surface area contributed by atoms with E-state index in [2.05, 4.69) is 119 Å². The highest BCUT2D eigenvalue weighted by Crippen LogP contribution is 2.42. The van der Waals surface area contributed by atoms with Crippen molar-refractivity contribution in [2.24, 2.45) is 0 Å². The lowest BCUT2D eigenvalue weighted by Crippen LogP contribution is -2.29. The van der Waals surface area contributed by atoms with E-state index in [1.165, 1.54) is 38.9 Å². The first-order valence-electron chi connectivity index (χ1n) is 11.7. The second kappa shape index (κ2) is 10.2. The summed E-state index contributed by atoms with van der Waals surface area (Å²) in [6.07, 6.45) is 4.54. The zero-order chi connectivity index (χ0) is 22.9. The molecule has 1 aliphatic heterocycles. The van der Waals surface area contributed by atoms with Gasteiger partial charge in [-0.25, -0.2) is 0 Å². The molecule has 0 saturated heterocycles. The Kier molecular flexibility index (Phi) is 6.81. The van der Waals surface area contributed by atoms with Crippen LogP contribution in [-0.4, -0.2) is 9.47 Å². The van der Waals surface area contributed by atoms with E-state index < -0.39 is 0 Å². The molecule has 4 heteroatoms. The molecule has 2 heterocycles. The molecule has 35 heavy (non-hydrogen) atoms. The number of aromatic nitrogens is 1. The van der Waals surface area contributed by atoms with E-state index in [-0.39, 0.29) is 23.0 Å². The van der Waals surface area contributed by atoms with Crippen LogP contribution in [0.1, 0.15) is 34.0 Å². The van der Waals surface area contributed by atoms with Crippen LogP contribution in [0.25, 0.3) is 17.0 Å². The van der Waals surface area contributed by atoms with Gasteiger partial charge in [0.1, 0.15) is 0 Å². The van der Waals surface area contributed by atoms with Crippen molar-refractivity contribution in [3.8, 4) is 0 Å². The quantitative estimate of drug-likeness (QED) is 0.216. The molecule has 1 atom stereocenters. The van der Waals surface area contributed by atoms with Crippen LogP contribution in [0, 0.1) is 0 Å². The van der Waals surface area contributed by atoms with Gasteiger partial charge in [0.15, 0.2) is 0 Å². The second-order valence-electron chi connectivity index (χ2n) is 8.82. The molecule has 0 saturated carbocycles. The maximum absolute atomic E-state index is 6.29. The van der Waals surface area contributed by atoms with Crippen LogP contribution in [0.4, 0.5) is 0 Å². The lowest BCUT2D eigenvalue weighted by atomic mass is 9.94. The molecule has 0 fully saturated rings. The number of para-hydroxylation sites is 1. The van der Waals surface area contributed by atoms with Crippen molar-refractivity contribution >= 4 is 45.6 Å². The van der Waals surface area contributed by atoms with Gasteiger partial charge in [0, 0.05) is 40.8 Å². The smallest absolute Gasteiger partial charge is 0.0951 e. The van der Waals surface area contributed by atoms with Crippen LogP contribution in [0.3, 0.4) is 0 Å². The van der Waals surface area contributed by atoms with E-state index in [1.54, 1.807) is 0 Å². The average Bonchev–Trinajstić information content (AvgIpc) is 3.19. The predicted octanol–water partition coefficient (Wildman–Crippen LogP) is 8.50. The third-order valence-electron chi connectivity index (χ3n) is 6.65. The summed E-state index contributed by atoms with van der Waals surface area (Å²) in [7, 11) is 0. The average molecular weight is 542 g/mol. The van der Waals surface area contributed by atoms with Crippen LogP contribution in [0.2, 0.25) is 5.02 Å². The molecular formula is C31H26BrClN2. The van der Waals surface area contributed by atoms with E-state index in [1.807, 2.05) is 12.1 Å². The van der Waals surface area contributed by atoms with E-state index in [0.717, 1.165) is 18.1 Å². The predicted molar refractivity (Wildman–Crippen MR) is 152 cm³/mol. The normalized spacial score (nSPS) is 14.5. The van der Waals surface area contributed by atoms with Crippen LogP contribution < -0.4 is 0 Å². The first-order valence-corrected chi connectivity index (χ1v) is 12.0. The third-order valence-corrected chi connectivity index (χ3v) is 6.90. The van der Waals surface area contributed by atoms with Crippen molar-refractivity contribution in [3.63, 3.8) is 0 Å². The number of fused-ring (bicyclic) bond motifs is 3. The van der Waals surface area contributed by atoms with Crippen molar-refractivity contribution < 1.29 is 0 Å². The maximum Gasteiger partial charge on any atom is 0.0951 e. The van der Waals surface area contributed by atoms with Gasteiger partial charge in [0.25, 0.3) is 0 Å². The number of hydrogen-bond donors (Lipinski definition) is 0. The first-order chi connectivity index (χ1) is 16.8. The molecular weight excluding hydrogens is 516 g/mol. The molecule has 0 N–H and O–H groups in total. The molecule has 1 aromatic heterocycles. The summed E-state index contributed by atoms with van der Waals surface area (Å²) < 4.78 is 2.50. The van der Waals surface area contributed by atoms with E-state index in [9.17, 15) is 0 Å². The van der Waals surface area contributed by atoms with Gasteiger partial charge in [-0.15, -0.1) is 17.0 Å². The minimum atomic E-state index is 0. The molecule has 4 aromatic carbocycles. The lowest BCUT2D eigenvalue weighted by Gasteiger charge is -2.35. The van der Waals surface area contributed by atoms with Crippen LogP contribution in [0.15, 0.2) is 115 Å². The van der Waals surface area contributed by atoms with Crippen molar-refractivity contribution in [2.75, 3.05) is 0 Å². The summed E-state index contributed by atoms with van der Waals surface area (Å²) in [5.41, 5.74) is 7.72. The zero-order valence-electron chi connectivity index (χ0n) is 19.2. The summed E-state index contributed by atoms with van der Waals surface area (Å²) in [6, 6.07) is 38.6. The Morgan fingerprint density at radius 3 is 1.94 bits per heavy atom. The highest BCUT2D eigenvalue weighted by Gasteiger charge is 2.31. The highest BCUT2D eigenvalue weighted by molar-refractivity contribution is 8.93. The van der Waals surface area contributed by atoms with Crippen molar-refractivity contribution in [1.29, 1.82) is 0 Å². The number of nitrogens with zero attached hydrogens (tertiary/aromatic N) is 2. The highest BCUT2D eigenvalue weighted by atomic mass is 79.9. The van der Waals surface area contributed by atoms with Gasteiger partial charge in [-0.05, 0) is 41.0 Å². The van der Waals surface area contributed by atoms with E-state index in [4.69, 9.17) is 11.6 Å². The fourth-order valence-corrected chi connectivity index (χ4v) is 5.23. The number of hydrogen-bond acceptors (Lipinski definition) is 1. The molecule has 2 nitrogen and oxygen atoms in total. The SMILES string of the molecule is Br.Clc1ccc(C2c3c(c4ccccc4n3Cc3ccccc3)C=CN2Cc2ccccc2)cc1. The van der Waals surface area contributed by atoms with Crippen molar-refractivity contribution in [1.82, 2.24) is 9.47 Å². The Morgan fingerprint density at radius 2 is 1.26 bits per heavy atom. The van der Waals surface area contributed by atoms with Gasteiger partial charge in [-0.1, -0.05) is 103 Å². The Morgan fingerprint density at radius 1 is 0.657 bits per heavy atom. The zero-order valence-corrected chi connectivity index (χ0v) is 21.7. The Balaban J connectivity index is 0.00000253. The molecule has 6 rings (SSSR count). The fourth-order valence-electron chi connectivity index (χ4n) is 5.10. The summed E-state index contributed by atoms with van der Waals surface area (Å²) in [6.45, 7) is 1.66. The topological polar surface area (TPSA) is 8.17 Å². The standard InChI is InChI=1S/C31H25ClN2.BrH/c32-26-17-15-25(16-18-26)30-31-28(19-20-33(30)21-23-9-3-1-4-10-23)27-13-7-8-14-29(27)34(31)22-24-11-5-2-6-12-24;/h1-20,30H,21-22H2;1H. The van der Waals surface area contributed by atoms with Gasteiger partial charge in [0.05, 0.1) is 11.7 Å². The summed E-state index contributed by atoms with van der Waals surface area (Å²) >= 11 is 6.29. The van der Waals surface area contributed by atoms with E-state index in [0.29, 0.717) is 0 Å². The Labute approximate surface area is 221 Å². The lowest BCUT2D eigenvalue weighted by molar-refractivity contribution is 0.296. The molecule has 1 aliphatic rings. The van der Waals surface area contributed by atoms with Gasteiger partial charge < -0.3 is 9.47 Å². The Hall–Kier alpha value is -3.27. The molecule has 0 radical (unpaired) electrons. The first kappa shape index (κ1) is 23.5. The van der Waals surface area contributed by atoms with Gasteiger partial charge in [-0.3, -0.25) is 0 Å². The molecule has 174 valence electrons. The van der Waals surface area contributed by atoms with Gasteiger partial charge in [0.2, 0.25) is 0 Å². The summed E-state index contributed by atoms with van der Waals surface area (Å²) in [4.78, 5) is 2.45. The monoisotopic (exact) mass is 540 g/mol. The summed E-state index contributed by atoms with van der Waals surface area (Å²) in [5, 5.41) is 2.05. The summed E-state index contributed by atoms with van der Waals surface area (Å²) in [5.74, 6) is 0. The molecule has 1 unspecified atom stereocenters. The Bertz CT molecular complexity index is 1460. The van der Waals surface area contributed by atoms with Gasteiger partial charge in [-0.2, -0.15) is 0 Å². The minimum absolute atomic E-state index is 0. The van der Waals surface area contributed by atoms with Crippen molar-refractivity contribution in [3.05, 3.63) is 148 Å². The van der Waals surface area contributed by atoms with Gasteiger partial charge >= 0.3 is 0 Å². The second-order valence-corrected chi connectivity index (χ2v) is 9.25. The molecule has 0 aliphatic carbocycles. The van der Waals surface area contributed by atoms with Crippen LogP contribution in [0.5, 0.6) is 0 Å². The molecule has 5 aromatic rings. The number of benzene rings is 4.